The lowest BCUT2D eigenvalue weighted by Gasteiger charge is -2.25. The number of benzene rings is 3. The predicted molar refractivity (Wildman–Crippen MR) is 124 cm³/mol. The van der Waals surface area contributed by atoms with E-state index in [2.05, 4.69) is 0 Å². The van der Waals surface area contributed by atoms with Crippen molar-refractivity contribution < 1.29 is 24.1 Å². The van der Waals surface area contributed by atoms with Crippen LogP contribution in [-0.4, -0.2) is 47.5 Å². The van der Waals surface area contributed by atoms with E-state index >= 15 is 0 Å². The monoisotopic (exact) mass is 447 g/mol. The standard InChI is InChI=1S/C27H29NO5/c29-26-24(20-31-17-21-10-4-1-5-11-21)28(27(30)33-19-23-14-8-3-9-15-23)16-25(26)32-18-22-12-6-2-7-13-22/h1-15,24-26,29H,16-20H2. The van der Waals surface area contributed by atoms with Crippen molar-refractivity contribution in [1.29, 1.82) is 0 Å². The number of carbonyl (C=O) groups excluding carboxylic acids is 1. The molecule has 3 aromatic rings. The summed E-state index contributed by atoms with van der Waals surface area (Å²) in [5, 5.41) is 11.0. The van der Waals surface area contributed by atoms with Gasteiger partial charge in [0.1, 0.15) is 18.8 Å². The molecule has 6 heteroatoms. The quantitative estimate of drug-likeness (QED) is 0.533. The molecule has 0 saturated carbocycles. The molecular formula is C27H29NO5. The van der Waals surface area contributed by atoms with Crippen LogP contribution < -0.4 is 0 Å². The average Bonchev–Trinajstić information content (AvgIpc) is 3.18. The van der Waals surface area contributed by atoms with E-state index in [1.807, 2.05) is 91.0 Å². The number of likely N-dealkylation sites (tertiary alicyclic amines) is 1. The maximum absolute atomic E-state index is 12.9. The SMILES string of the molecule is O=C(OCc1ccccc1)N1CC(OCc2ccccc2)C(O)C1COCc1ccccc1. The zero-order valence-electron chi connectivity index (χ0n) is 18.5. The van der Waals surface area contributed by atoms with Gasteiger partial charge < -0.3 is 19.3 Å². The van der Waals surface area contributed by atoms with E-state index in [1.165, 1.54) is 4.90 Å². The normalized spacial score (nSPS) is 20.0. The first-order valence-electron chi connectivity index (χ1n) is 11.1. The van der Waals surface area contributed by atoms with Crippen molar-refractivity contribution >= 4 is 6.09 Å². The smallest absolute Gasteiger partial charge is 0.410 e. The molecule has 0 radical (unpaired) electrons. The largest absolute Gasteiger partial charge is 0.445 e. The molecule has 0 bridgehead atoms. The van der Waals surface area contributed by atoms with Crippen molar-refractivity contribution in [3.8, 4) is 0 Å². The molecule has 1 heterocycles. The van der Waals surface area contributed by atoms with E-state index < -0.39 is 24.3 Å². The van der Waals surface area contributed by atoms with Gasteiger partial charge in [-0.25, -0.2) is 4.79 Å². The van der Waals surface area contributed by atoms with E-state index in [0.29, 0.717) is 13.2 Å². The lowest BCUT2D eigenvalue weighted by atomic mass is 10.1. The summed E-state index contributed by atoms with van der Waals surface area (Å²) in [6.45, 7) is 1.33. The highest BCUT2D eigenvalue weighted by atomic mass is 16.6. The van der Waals surface area contributed by atoms with Crippen LogP contribution in [0.5, 0.6) is 0 Å². The van der Waals surface area contributed by atoms with Crippen LogP contribution in [0.25, 0.3) is 0 Å². The number of nitrogens with zero attached hydrogens (tertiary/aromatic N) is 1. The van der Waals surface area contributed by atoms with Crippen LogP contribution in [0.15, 0.2) is 91.0 Å². The van der Waals surface area contributed by atoms with Gasteiger partial charge >= 0.3 is 6.09 Å². The Labute approximate surface area is 194 Å². The second-order valence-electron chi connectivity index (χ2n) is 8.09. The summed E-state index contributed by atoms with van der Waals surface area (Å²) in [7, 11) is 0. The molecule has 4 rings (SSSR count). The number of rotatable bonds is 9. The van der Waals surface area contributed by atoms with Gasteiger partial charge in [0.2, 0.25) is 0 Å². The summed E-state index contributed by atoms with van der Waals surface area (Å²) in [5.74, 6) is 0. The molecule has 172 valence electrons. The lowest BCUT2D eigenvalue weighted by molar-refractivity contribution is -0.0383. The van der Waals surface area contributed by atoms with Crippen molar-refractivity contribution in [1.82, 2.24) is 4.90 Å². The Hall–Kier alpha value is -3.19. The summed E-state index contributed by atoms with van der Waals surface area (Å²) in [6.07, 6.45) is -1.90. The first-order valence-corrected chi connectivity index (χ1v) is 11.1. The van der Waals surface area contributed by atoms with Crippen molar-refractivity contribution in [2.24, 2.45) is 0 Å². The van der Waals surface area contributed by atoms with Gasteiger partial charge in [-0.05, 0) is 16.7 Å². The Bertz CT molecular complexity index is 983. The van der Waals surface area contributed by atoms with Crippen LogP contribution in [-0.2, 0) is 34.0 Å². The molecule has 3 aromatic carbocycles. The van der Waals surface area contributed by atoms with Crippen LogP contribution in [0.2, 0.25) is 0 Å². The van der Waals surface area contributed by atoms with Gasteiger partial charge in [-0.2, -0.15) is 0 Å². The first kappa shape index (κ1) is 23.0. The fourth-order valence-corrected chi connectivity index (χ4v) is 3.87. The van der Waals surface area contributed by atoms with E-state index in [9.17, 15) is 9.90 Å². The molecular weight excluding hydrogens is 418 g/mol. The summed E-state index contributed by atoms with van der Waals surface area (Å²) >= 11 is 0. The van der Waals surface area contributed by atoms with Crippen LogP contribution in [0.1, 0.15) is 16.7 Å². The Morgan fingerprint density at radius 1 is 0.788 bits per heavy atom. The topological polar surface area (TPSA) is 68.2 Å². The van der Waals surface area contributed by atoms with Gasteiger partial charge in [0.05, 0.1) is 32.4 Å². The molecule has 1 amide bonds. The number of hydrogen-bond acceptors (Lipinski definition) is 5. The van der Waals surface area contributed by atoms with Gasteiger partial charge in [0.15, 0.2) is 0 Å². The molecule has 0 spiro atoms. The van der Waals surface area contributed by atoms with E-state index in [4.69, 9.17) is 14.2 Å². The molecule has 1 aliphatic rings. The Balaban J connectivity index is 1.38. The van der Waals surface area contributed by atoms with Gasteiger partial charge in [0.25, 0.3) is 0 Å². The van der Waals surface area contributed by atoms with Crippen LogP contribution in [0.3, 0.4) is 0 Å². The van der Waals surface area contributed by atoms with Gasteiger partial charge in [-0.15, -0.1) is 0 Å². The number of carbonyl (C=O) groups is 1. The summed E-state index contributed by atoms with van der Waals surface area (Å²) < 4.78 is 17.4. The molecule has 6 nitrogen and oxygen atoms in total. The number of ether oxygens (including phenoxy) is 3. The highest BCUT2D eigenvalue weighted by Crippen LogP contribution is 2.24. The molecule has 33 heavy (non-hydrogen) atoms. The minimum atomic E-state index is -0.881. The second kappa shape index (κ2) is 11.6. The summed E-state index contributed by atoms with van der Waals surface area (Å²) in [6, 6.07) is 28.5. The Morgan fingerprint density at radius 2 is 1.30 bits per heavy atom. The van der Waals surface area contributed by atoms with Crippen molar-refractivity contribution in [3.63, 3.8) is 0 Å². The highest BCUT2D eigenvalue weighted by Gasteiger charge is 2.44. The summed E-state index contributed by atoms with van der Waals surface area (Å²) in [4.78, 5) is 14.4. The molecule has 1 saturated heterocycles. The van der Waals surface area contributed by atoms with E-state index in [0.717, 1.165) is 16.7 Å². The molecule has 3 unspecified atom stereocenters. The minimum Gasteiger partial charge on any atom is -0.445 e. The Morgan fingerprint density at radius 3 is 1.88 bits per heavy atom. The van der Waals surface area contributed by atoms with Crippen LogP contribution in [0, 0.1) is 0 Å². The van der Waals surface area contributed by atoms with E-state index in [1.54, 1.807) is 0 Å². The predicted octanol–water partition coefficient (Wildman–Crippen LogP) is 4.17. The fourth-order valence-electron chi connectivity index (χ4n) is 3.87. The summed E-state index contributed by atoms with van der Waals surface area (Å²) in [5.41, 5.74) is 2.94. The first-order chi connectivity index (χ1) is 16.2. The third-order valence-corrected chi connectivity index (χ3v) is 5.70. The minimum absolute atomic E-state index is 0.166. The van der Waals surface area contributed by atoms with Gasteiger partial charge in [-0.3, -0.25) is 4.90 Å². The van der Waals surface area contributed by atoms with Crippen molar-refractivity contribution in [2.75, 3.05) is 13.2 Å². The molecule has 1 aliphatic heterocycles. The zero-order chi connectivity index (χ0) is 22.9. The number of aliphatic hydroxyl groups is 1. The van der Waals surface area contributed by atoms with Gasteiger partial charge in [0, 0.05) is 0 Å². The van der Waals surface area contributed by atoms with Crippen molar-refractivity contribution in [3.05, 3.63) is 108 Å². The van der Waals surface area contributed by atoms with Crippen molar-refractivity contribution in [2.45, 2.75) is 38.1 Å². The highest BCUT2D eigenvalue weighted by molar-refractivity contribution is 5.69. The fraction of sp³-hybridized carbons (Fsp3) is 0.296. The second-order valence-corrected chi connectivity index (χ2v) is 8.09. The average molecular weight is 448 g/mol. The Kier molecular flexibility index (Phi) is 8.09. The molecule has 3 atom stereocenters. The maximum atomic E-state index is 12.9. The maximum Gasteiger partial charge on any atom is 0.410 e. The molecule has 1 fully saturated rings. The van der Waals surface area contributed by atoms with Crippen LogP contribution in [0.4, 0.5) is 4.79 Å². The zero-order valence-corrected chi connectivity index (χ0v) is 18.5. The third kappa shape index (κ3) is 6.42. The third-order valence-electron chi connectivity index (χ3n) is 5.70. The molecule has 0 aromatic heterocycles. The number of hydrogen-bond donors (Lipinski definition) is 1. The van der Waals surface area contributed by atoms with Crippen LogP contribution >= 0.6 is 0 Å². The number of aliphatic hydroxyl groups excluding tert-OH is 1. The molecule has 0 aliphatic carbocycles. The van der Waals surface area contributed by atoms with E-state index in [-0.39, 0.29) is 19.8 Å². The van der Waals surface area contributed by atoms with Gasteiger partial charge in [-0.1, -0.05) is 91.0 Å². The number of amides is 1. The molecule has 1 N–H and O–H groups in total. The lowest BCUT2D eigenvalue weighted by Crippen LogP contribution is -2.43.